The first-order valence-corrected chi connectivity index (χ1v) is 9.66. The number of aliphatic hydroxyl groups excluding tert-OH is 2. The molecule has 1 amide bonds. The molecule has 20 heavy (non-hydrogen) atoms. The van der Waals surface area contributed by atoms with E-state index in [9.17, 15) is 19.8 Å². The van der Waals surface area contributed by atoms with Gasteiger partial charge in [0.1, 0.15) is 6.10 Å². The molecule has 1 aliphatic heterocycles. The topological polar surface area (TPSA) is 87.1 Å². The van der Waals surface area contributed by atoms with Gasteiger partial charge in [-0.3, -0.25) is 4.79 Å². The standard InChI is InChI=1S/C13H25NO5Si/c1-13(2,3)20(5,6)14-8(7-9(14)15)10(16)11(17)12(18)19-4/h8,10-11,16-17H,7H2,1-6H3/t8-,10-,11+/m0/s1. The number of ether oxygens (including phenoxy) is 1. The monoisotopic (exact) mass is 303 g/mol. The van der Waals surface area contributed by atoms with Crippen LogP contribution in [0.2, 0.25) is 18.1 Å². The predicted molar refractivity (Wildman–Crippen MR) is 76.5 cm³/mol. The lowest BCUT2D eigenvalue weighted by molar-refractivity contribution is -0.165. The van der Waals surface area contributed by atoms with Crippen LogP contribution >= 0.6 is 0 Å². The fourth-order valence-corrected chi connectivity index (χ4v) is 4.78. The molecule has 1 saturated heterocycles. The van der Waals surface area contributed by atoms with Gasteiger partial charge >= 0.3 is 5.97 Å². The van der Waals surface area contributed by atoms with Crippen molar-refractivity contribution in [3.05, 3.63) is 0 Å². The van der Waals surface area contributed by atoms with Gasteiger partial charge in [0, 0.05) is 6.42 Å². The lowest BCUT2D eigenvalue weighted by Gasteiger charge is -2.56. The normalized spacial score (nSPS) is 23.1. The van der Waals surface area contributed by atoms with Gasteiger partial charge in [-0.1, -0.05) is 33.9 Å². The number of hydrogen-bond donors (Lipinski definition) is 2. The van der Waals surface area contributed by atoms with Gasteiger partial charge in [0.05, 0.1) is 13.2 Å². The third-order valence-electron chi connectivity index (χ3n) is 4.58. The molecule has 1 rings (SSSR count). The zero-order valence-electron chi connectivity index (χ0n) is 13.0. The zero-order valence-corrected chi connectivity index (χ0v) is 14.0. The fraction of sp³-hybridized carbons (Fsp3) is 0.846. The van der Waals surface area contributed by atoms with E-state index >= 15 is 0 Å². The van der Waals surface area contributed by atoms with Crippen LogP contribution in [0, 0.1) is 0 Å². The molecule has 7 heteroatoms. The molecule has 0 aliphatic carbocycles. The molecule has 1 fully saturated rings. The molecule has 6 nitrogen and oxygen atoms in total. The van der Waals surface area contributed by atoms with Crippen molar-refractivity contribution >= 4 is 20.1 Å². The quantitative estimate of drug-likeness (QED) is 0.448. The van der Waals surface area contributed by atoms with Crippen molar-refractivity contribution in [1.82, 2.24) is 4.57 Å². The first-order valence-electron chi connectivity index (χ1n) is 6.71. The Morgan fingerprint density at radius 3 is 2.25 bits per heavy atom. The summed E-state index contributed by atoms with van der Waals surface area (Å²) in [5.41, 5.74) is 0. The van der Waals surface area contributed by atoms with Crippen molar-refractivity contribution in [3.63, 3.8) is 0 Å². The first kappa shape index (κ1) is 17.1. The Kier molecular flexibility index (Phi) is 4.67. The van der Waals surface area contributed by atoms with E-state index in [0.29, 0.717) is 0 Å². The van der Waals surface area contributed by atoms with Crippen molar-refractivity contribution in [2.24, 2.45) is 0 Å². The summed E-state index contributed by atoms with van der Waals surface area (Å²) in [6, 6.07) is -0.516. The Bertz CT molecular complexity index is 404. The molecule has 0 unspecified atom stereocenters. The average Bonchev–Trinajstić information content (AvgIpc) is 2.30. The smallest absolute Gasteiger partial charge is 0.337 e. The number of hydrogen-bond acceptors (Lipinski definition) is 5. The highest BCUT2D eigenvalue weighted by Gasteiger charge is 2.55. The minimum absolute atomic E-state index is 0.0299. The SMILES string of the molecule is COC(=O)[C@H](O)[C@@H](O)[C@@H]1CC(=O)N1[Si](C)(C)C(C)(C)C. The van der Waals surface area contributed by atoms with Crippen molar-refractivity contribution < 1.29 is 24.5 Å². The van der Waals surface area contributed by atoms with Crippen molar-refractivity contribution in [2.75, 3.05) is 7.11 Å². The van der Waals surface area contributed by atoms with Crippen LogP contribution in [0.1, 0.15) is 27.2 Å². The second-order valence-corrected chi connectivity index (χ2v) is 11.9. The number of β-lactam (4-membered cyclic amide) rings is 1. The van der Waals surface area contributed by atoms with Crippen LogP contribution in [0.4, 0.5) is 0 Å². The summed E-state index contributed by atoms with van der Waals surface area (Å²) >= 11 is 0. The van der Waals surface area contributed by atoms with Gasteiger partial charge < -0.3 is 19.5 Å². The molecule has 2 N–H and O–H groups in total. The van der Waals surface area contributed by atoms with E-state index in [1.54, 1.807) is 4.57 Å². The largest absolute Gasteiger partial charge is 0.467 e. The third kappa shape index (κ3) is 2.75. The van der Waals surface area contributed by atoms with Crippen LogP contribution in [0.3, 0.4) is 0 Å². The molecular weight excluding hydrogens is 278 g/mol. The number of carbonyl (C=O) groups excluding carboxylic acids is 2. The van der Waals surface area contributed by atoms with Crippen LogP contribution in [0.25, 0.3) is 0 Å². The molecule has 116 valence electrons. The zero-order chi connectivity index (χ0) is 15.9. The highest BCUT2D eigenvalue weighted by molar-refractivity contribution is 6.80. The number of methoxy groups -OCH3 is 1. The van der Waals surface area contributed by atoms with E-state index in [-0.39, 0.29) is 17.4 Å². The Morgan fingerprint density at radius 2 is 1.90 bits per heavy atom. The lowest BCUT2D eigenvalue weighted by Crippen LogP contribution is -2.72. The van der Waals surface area contributed by atoms with Crippen molar-refractivity contribution in [1.29, 1.82) is 0 Å². The number of rotatable bonds is 4. The second-order valence-electron chi connectivity index (χ2n) is 6.80. The third-order valence-corrected chi connectivity index (χ3v) is 10.0. The highest BCUT2D eigenvalue weighted by atomic mass is 28.3. The lowest BCUT2D eigenvalue weighted by atomic mass is 9.96. The molecule has 0 bridgehead atoms. The Morgan fingerprint density at radius 1 is 1.40 bits per heavy atom. The number of esters is 1. The maximum atomic E-state index is 12.0. The average molecular weight is 303 g/mol. The molecular formula is C13H25NO5Si. The van der Waals surface area contributed by atoms with E-state index in [1.807, 2.05) is 13.1 Å². The van der Waals surface area contributed by atoms with Crippen LogP contribution < -0.4 is 0 Å². The summed E-state index contributed by atoms with van der Waals surface area (Å²) in [4.78, 5) is 23.3. The molecule has 0 aromatic rings. The highest BCUT2D eigenvalue weighted by Crippen LogP contribution is 2.43. The number of amides is 1. The van der Waals surface area contributed by atoms with Crippen LogP contribution in [-0.2, 0) is 14.3 Å². The van der Waals surface area contributed by atoms with E-state index in [4.69, 9.17) is 0 Å². The van der Waals surface area contributed by atoms with Crippen molar-refractivity contribution in [2.45, 2.75) is 63.6 Å². The maximum absolute atomic E-state index is 12.0. The Balaban J connectivity index is 2.94. The van der Waals surface area contributed by atoms with Gasteiger partial charge in [0.2, 0.25) is 5.91 Å². The minimum Gasteiger partial charge on any atom is -0.467 e. The molecule has 3 atom stereocenters. The molecule has 0 saturated carbocycles. The molecule has 0 aromatic heterocycles. The minimum atomic E-state index is -2.14. The van der Waals surface area contributed by atoms with Crippen LogP contribution in [-0.4, -0.2) is 60.3 Å². The van der Waals surface area contributed by atoms with Gasteiger partial charge in [0.25, 0.3) is 0 Å². The van der Waals surface area contributed by atoms with Crippen LogP contribution in [0.5, 0.6) is 0 Å². The van der Waals surface area contributed by atoms with Crippen LogP contribution in [0.15, 0.2) is 0 Å². The van der Waals surface area contributed by atoms with E-state index in [0.717, 1.165) is 7.11 Å². The number of aliphatic hydroxyl groups is 2. The van der Waals surface area contributed by atoms with Gasteiger partial charge in [-0.05, 0) is 5.04 Å². The molecule has 0 spiro atoms. The first-order chi connectivity index (χ1) is 8.95. The number of carbonyl (C=O) groups is 2. The van der Waals surface area contributed by atoms with Gasteiger partial charge in [-0.2, -0.15) is 0 Å². The molecule has 1 aliphatic rings. The predicted octanol–water partition coefficient (Wildman–Crippen LogP) is 0.487. The Labute approximate surface area is 120 Å². The summed E-state index contributed by atoms with van der Waals surface area (Å²) in [5.74, 6) is -0.912. The Hall–Kier alpha value is -0.923. The molecule has 1 heterocycles. The molecule has 0 radical (unpaired) electrons. The molecule has 0 aromatic carbocycles. The summed E-state index contributed by atoms with van der Waals surface area (Å²) in [6.45, 7) is 10.3. The summed E-state index contributed by atoms with van der Waals surface area (Å²) in [5, 5.41) is 19.8. The fourth-order valence-electron chi connectivity index (χ4n) is 2.27. The number of nitrogens with zero attached hydrogens (tertiary/aromatic N) is 1. The van der Waals surface area contributed by atoms with Gasteiger partial charge in [0.15, 0.2) is 14.3 Å². The van der Waals surface area contributed by atoms with Gasteiger partial charge in [-0.25, -0.2) is 4.79 Å². The van der Waals surface area contributed by atoms with E-state index in [2.05, 4.69) is 25.5 Å². The maximum Gasteiger partial charge on any atom is 0.337 e. The van der Waals surface area contributed by atoms with Crippen molar-refractivity contribution in [3.8, 4) is 0 Å². The summed E-state index contributed by atoms with van der Waals surface area (Å²) < 4.78 is 6.12. The van der Waals surface area contributed by atoms with E-state index < -0.39 is 32.5 Å². The summed E-state index contributed by atoms with van der Waals surface area (Å²) in [6.07, 6.45) is -2.78. The second kappa shape index (κ2) is 5.46. The summed E-state index contributed by atoms with van der Waals surface area (Å²) in [7, 11) is -0.992. The van der Waals surface area contributed by atoms with Gasteiger partial charge in [-0.15, -0.1) is 0 Å². The van der Waals surface area contributed by atoms with E-state index in [1.165, 1.54) is 0 Å².